The van der Waals surface area contributed by atoms with Crippen LogP contribution in [-0.4, -0.2) is 43.5 Å². The largest absolute Gasteiger partial charge is 0.459 e. The molecule has 1 amide bonds. The van der Waals surface area contributed by atoms with Gasteiger partial charge in [0.15, 0.2) is 0 Å². The third kappa shape index (κ3) is 4.32. The fourth-order valence-electron chi connectivity index (χ4n) is 3.61. The van der Waals surface area contributed by atoms with E-state index in [1.807, 2.05) is 55.5 Å². The zero-order valence-corrected chi connectivity index (χ0v) is 16.7. The van der Waals surface area contributed by atoms with Crippen molar-refractivity contribution in [3.8, 4) is 0 Å². The lowest BCUT2D eigenvalue weighted by atomic mass is 10.2. The van der Waals surface area contributed by atoms with Crippen molar-refractivity contribution >= 4 is 34.2 Å². The Balaban J connectivity index is 1.28. The van der Waals surface area contributed by atoms with Crippen molar-refractivity contribution in [2.45, 2.75) is 13.0 Å². The van der Waals surface area contributed by atoms with Crippen LogP contribution in [0, 0.1) is 0 Å². The van der Waals surface area contributed by atoms with Crippen LogP contribution < -0.4 is 10.2 Å². The second kappa shape index (κ2) is 8.25. The van der Waals surface area contributed by atoms with Crippen molar-refractivity contribution in [3.05, 3.63) is 65.4 Å². The number of furan rings is 1. The van der Waals surface area contributed by atoms with E-state index in [-0.39, 0.29) is 11.9 Å². The maximum absolute atomic E-state index is 12.5. The minimum atomic E-state index is -0.160. The number of amides is 1. The van der Waals surface area contributed by atoms with Gasteiger partial charge in [-0.2, -0.15) is 0 Å². The lowest BCUT2D eigenvalue weighted by molar-refractivity contribution is -0.123. The van der Waals surface area contributed by atoms with Gasteiger partial charge in [0, 0.05) is 42.3 Å². The zero-order valence-electron chi connectivity index (χ0n) is 15.9. The molecule has 1 N–H and O–H groups in total. The summed E-state index contributed by atoms with van der Waals surface area (Å²) in [5.74, 6) is 0.796. The number of hydrogen-bond acceptors (Lipinski definition) is 4. The van der Waals surface area contributed by atoms with Crippen molar-refractivity contribution in [1.29, 1.82) is 0 Å². The van der Waals surface area contributed by atoms with Crippen LogP contribution in [0.3, 0.4) is 0 Å². The van der Waals surface area contributed by atoms with E-state index in [4.69, 9.17) is 16.0 Å². The van der Waals surface area contributed by atoms with E-state index < -0.39 is 0 Å². The van der Waals surface area contributed by atoms with E-state index >= 15 is 0 Å². The van der Waals surface area contributed by atoms with E-state index in [0.29, 0.717) is 6.54 Å². The molecule has 28 heavy (non-hydrogen) atoms. The first-order valence-corrected chi connectivity index (χ1v) is 9.97. The van der Waals surface area contributed by atoms with Gasteiger partial charge in [-0.3, -0.25) is 9.69 Å². The Morgan fingerprint density at radius 1 is 1.11 bits per heavy atom. The van der Waals surface area contributed by atoms with Gasteiger partial charge < -0.3 is 14.6 Å². The Labute approximate surface area is 169 Å². The number of benzene rings is 2. The number of carbonyl (C=O) groups is 1. The summed E-state index contributed by atoms with van der Waals surface area (Å²) < 4.78 is 5.85. The van der Waals surface area contributed by atoms with Crippen LogP contribution in [0.5, 0.6) is 0 Å². The van der Waals surface area contributed by atoms with Gasteiger partial charge in [-0.1, -0.05) is 35.9 Å². The number of anilines is 1. The number of carbonyl (C=O) groups excluding carboxylic acids is 1. The first kappa shape index (κ1) is 18.8. The molecule has 1 saturated heterocycles. The van der Waals surface area contributed by atoms with Gasteiger partial charge in [-0.05, 0) is 37.3 Å². The molecule has 0 radical (unpaired) electrons. The van der Waals surface area contributed by atoms with E-state index in [1.165, 1.54) is 0 Å². The Morgan fingerprint density at radius 2 is 1.89 bits per heavy atom. The highest BCUT2D eigenvalue weighted by Gasteiger charge is 2.21. The van der Waals surface area contributed by atoms with Gasteiger partial charge in [0.1, 0.15) is 11.3 Å². The number of rotatable bonds is 5. The zero-order chi connectivity index (χ0) is 19.5. The predicted molar refractivity (Wildman–Crippen MR) is 113 cm³/mol. The highest BCUT2D eigenvalue weighted by atomic mass is 35.5. The second-order valence-electron chi connectivity index (χ2n) is 7.22. The Morgan fingerprint density at radius 3 is 2.64 bits per heavy atom. The molecule has 2 aromatic carbocycles. The number of nitrogens with zero attached hydrogens (tertiary/aromatic N) is 2. The summed E-state index contributed by atoms with van der Waals surface area (Å²) in [5, 5.41) is 4.85. The smallest absolute Gasteiger partial charge is 0.234 e. The molecular weight excluding hydrogens is 374 g/mol. The molecular formula is C22H24ClN3O2. The van der Waals surface area contributed by atoms with E-state index in [0.717, 1.165) is 53.6 Å². The maximum atomic E-state index is 12.5. The highest BCUT2D eigenvalue weighted by molar-refractivity contribution is 6.30. The normalized spacial score (nSPS) is 16.3. The third-order valence-electron chi connectivity index (χ3n) is 5.16. The fourth-order valence-corrected chi connectivity index (χ4v) is 3.80. The second-order valence-corrected chi connectivity index (χ2v) is 7.66. The molecule has 5 nitrogen and oxygen atoms in total. The van der Waals surface area contributed by atoms with Crippen LogP contribution in [0.4, 0.5) is 5.69 Å². The number of para-hydroxylation sites is 1. The lowest BCUT2D eigenvalue weighted by Crippen LogP contribution is -2.49. The molecule has 1 aliphatic heterocycles. The molecule has 146 valence electrons. The molecule has 3 aromatic rings. The summed E-state index contributed by atoms with van der Waals surface area (Å²) in [7, 11) is 0. The fraction of sp³-hybridized carbons (Fsp3) is 0.318. The topological polar surface area (TPSA) is 48.7 Å². The Bertz CT molecular complexity index is 930. The molecule has 6 heteroatoms. The van der Waals surface area contributed by atoms with Gasteiger partial charge in [0.2, 0.25) is 5.91 Å². The molecule has 0 unspecified atom stereocenters. The minimum Gasteiger partial charge on any atom is -0.459 e. The average molecular weight is 398 g/mol. The molecule has 0 spiro atoms. The lowest BCUT2D eigenvalue weighted by Gasteiger charge is -2.35. The van der Waals surface area contributed by atoms with Gasteiger partial charge in [-0.25, -0.2) is 0 Å². The molecule has 0 aliphatic carbocycles. The molecule has 4 rings (SSSR count). The number of fused-ring (bicyclic) bond motifs is 1. The number of nitrogens with one attached hydrogen (secondary N) is 1. The van der Waals surface area contributed by atoms with Crippen LogP contribution in [0.1, 0.15) is 18.7 Å². The summed E-state index contributed by atoms with van der Waals surface area (Å²) in [5.41, 5.74) is 1.98. The highest BCUT2D eigenvalue weighted by Crippen LogP contribution is 2.24. The Kier molecular flexibility index (Phi) is 5.55. The quantitative estimate of drug-likeness (QED) is 0.704. The predicted octanol–water partition coefficient (Wildman–Crippen LogP) is 4.09. The Hall–Kier alpha value is -2.50. The molecule has 2 heterocycles. The van der Waals surface area contributed by atoms with Crippen molar-refractivity contribution in [3.63, 3.8) is 0 Å². The van der Waals surface area contributed by atoms with Gasteiger partial charge in [0.25, 0.3) is 0 Å². The molecule has 1 fully saturated rings. The SMILES string of the molecule is C[C@@H](NC(=O)CN1CCN(c2cccc(Cl)c2)CC1)c1cc2ccccc2o1. The van der Waals surface area contributed by atoms with E-state index in [1.54, 1.807) is 0 Å². The molecule has 1 atom stereocenters. The summed E-state index contributed by atoms with van der Waals surface area (Å²) in [6, 6.07) is 17.6. The van der Waals surface area contributed by atoms with Crippen LogP contribution in [0.25, 0.3) is 11.0 Å². The first-order valence-electron chi connectivity index (χ1n) is 9.59. The van der Waals surface area contributed by atoms with Gasteiger partial charge in [-0.15, -0.1) is 0 Å². The maximum Gasteiger partial charge on any atom is 0.234 e. The molecule has 1 aromatic heterocycles. The van der Waals surface area contributed by atoms with Crippen LogP contribution >= 0.6 is 11.6 Å². The third-order valence-corrected chi connectivity index (χ3v) is 5.40. The summed E-state index contributed by atoms with van der Waals surface area (Å²) >= 11 is 6.09. The van der Waals surface area contributed by atoms with Crippen molar-refractivity contribution in [1.82, 2.24) is 10.2 Å². The number of hydrogen-bond donors (Lipinski definition) is 1. The van der Waals surface area contributed by atoms with Crippen molar-refractivity contribution in [2.24, 2.45) is 0 Å². The van der Waals surface area contributed by atoms with Crippen LogP contribution in [0.15, 0.2) is 59.0 Å². The molecule has 0 saturated carbocycles. The van der Waals surface area contributed by atoms with E-state index in [2.05, 4.69) is 21.2 Å². The first-order chi connectivity index (χ1) is 13.6. The number of halogens is 1. The van der Waals surface area contributed by atoms with Crippen LogP contribution in [0.2, 0.25) is 5.02 Å². The minimum absolute atomic E-state index is 0.0177. The van der Waals surface area contributed by atoms with Crippen molar-refractivity contribution < 1.29 is 9.21 Å². The van der Waals surface area contributed by atoms with Crippen molar-refractivity contribution in [2.75, 3.05) is 37.6 Å². The standard InChI is InChI=1S/C22H24ClN3O2/c1-16(21-13-17-5-2-3-8-20(17)28-21)24-22(27)15-25-9-11-26(12-10-25)19-7-4-6-18(23)14-19/h2-8,13-14,16H,9-12,15H2,1H3,(H,24,27)/t16-/m1/s1. The molecule has 0 bridgehead atoms. The number of piperazine rings is 1. The summed E-state index contributed by atoms with van der Waals surface area (Å²) in [4.78, 5) is 17.0. The van der Waals surface area contributed by atoms with E-state index in [9.17, 15) is 4.79 Å². The monoisotopic (exact) mass is 397 g/mol. The summed E-state index contributed by atoms with van der Waals surface area (Å²) in [6.07, 6.45) is 0. The summed E-state index contributed by atoms with van der Waals surface area (Å²) in [6.45, 7) is 5.80. The van der Waals surface area contributed by atoms with Crippen LogP contribution in [-0.2, 0) is 4.79 Å². The molecule has 1 aliphatic rings. The van der Waals surface area contributed by atoms with Gasteiger partial charge >= 0.3 is 0 Å². The average Bonchev–Trinajstić information content (AvgIpc) is 3.13. The van der Waals surface area contributed by atoms with Gasteiger partial charge in [0.05, 0.1) is 12.6 Å².